The Morgan fingerprint density at radius 3 is 0.875 bits per heavy atom. The van der Waals surface area contributed by atoms with E-state index in [2.05, 4.69) is 0 Å². The first-order valence-corrected chi connectivity index (χ1v) is 5.18. The molecule has 90 valence electrons. The third-order valence-corrected chi connectivity index (χ3v) is 3.17. The van der Waals surface area contributed by atoms with Crippen LogP contribution in [0.1, 0.15) is 33.4 Å². The van der Waals surface area contributed by atoms with E-state index in [4.69, 9.17) is 0 Å². The van der Waals surface area contributed by atoms with Gasteiger partial charge in [0.25, 0.3) is 0 Å². The molecule has 0 radical (unpaired) electrons. The lowest BCUT2D eigenvalue weighted by atomic mass is 9.88. The quantitative estimate of drug-likeness (QED) is 0.594. The molecule has 1 aromatic carbocycles. The molecule has 0 aliphatic carbocycles. The first-order chi connectivity index (χ1) is 7.62. The lowest BCUT2D eigenvalue weighted by Crippen LogP contribution is -2.10. The zero-order valence-corrected chi connectivity index (χ0v) is 9.62. The summed E-state index contributed by atoms with van der Waals surface area (Å²) in [5, 5.41) is 37.1. The normalized spacial score (nSPS) is 10.9. The zero-order chi connectivity index (χ0) is 12.3. The van der Waals surface area contributed by atoms with Crippen molar-refractivity contribution in [3.63, 3.8) is 0 Å². The Balaban J connectivity index is 3.60. The van der Waals surface area contributed by atoms with Crippen LogP contribution in [0.25, 0.3) is 0 Å². The van der Waals surface area contributed by atoms with Gasteiger partial charge in [-0.3, -0.25) is 0 Å². The summed E-state index contributed by atoms with van der Waals surface area (Å²) < 4.78 is 0. The van der Waals surface area contributed by atoms with Gasteiger partial charge in [0.2, 0.25) is 0 Å². The number of hydrogen-bond donors (Lipinski definition) is 4. The van der Waals surface area contributed by atoms with Gasteiger partial charge in [-0.25, -0.2) is 0 Å². The second-order valence-electron chi connectivity index (χ2n) is 3.80. The summed E-state index contributed by atoms with van der Waals surface area (Å²) in [7, 11) is 0. The van der Waals surface area contributed by atoms with E-state index in [1.54, 1.807) is 13.8 Å². The van der Waals surface area contributed by atoms with Crippen LogP contribution in [-0.4, -0.2) is 20.4 Å². The van der Waals surface area contributed by atoms with Crippen LogP contribution in [0.2, 0.25) is 0 Å². The minimum atomic E-state index is -0.179. The molecule has 0 unspecified atom stereocenters. The van der Waals surface area contributed by atoms with E-state index in [9.17, 15) is 20.4 Å². The van der Waals surface area contributed by atoms with Crippen molar-refractivity contribution in [3.05, 3.63) is 33.4 Å². The number of aliphatic hydroxyl groups excluding tert-OH is 4. The van der Waals surface area contributed by atoms with E-state index in [0.717, 1.165) is 11.1 Å². The van der Waals surface area contributed by atoms with E-state index >= 15 is 0 Å². The van der Waals surface area contributed by atoms with Gasteiger partial charge in [0.05, 0.1) is 26.4 Å². The highest BCUT2D eigenvalue weighted by atomic mass is 16.3. The number of hydrogen-bond acceptors (Lipinski definition) is 4. The summed E-state index contributed by atoms with van der Waals surface area (Å²) in [6, 6.07) is 0. The molecule has 1 rings (SSSR count). The van der Waals surface area contributed by atoms with Crippen LogP contribution >= 0.6 is 0 Å². The van der Waals surface area contributed by atoms with E-state index in [-0.39, 0.29) is 26.4 Å². The van der Waals surface area contributed by atoms with Gasteiger partial charge in [0.15, 0.2) is 0 Å². The molecule has 0 amide bonds. The lowest BCUT2D eigenvalue weighted by molar-refractivity contribution is 0.247. The van der Waals surface area contributed by atoms with Crippen molar-refractivity contribution in [2.75, 3.05) is 0 Å². The molecule has 0 saturated carbocycles. The summed E-state index contributed by atoms with van der Waals surface area (Å²) in [5.41, 5.74) is 4.04. The maximum absolute atomic E-state index is 9.28. The van der Waals surface area contributed by atoms with Crippen molar-refractivity contribution >= 4 is 0 Å². The fourth-order valence-corrected chi connectivity index (χ4v) is 2.13. The summed E-state index contributed by atoms with van der Waals surface area (Å²) in [4.78, 5) is 0. The minimum Gasteiger partial charge on any atom is -0.392 e. The number of aliphatic hydroxyl groups is 4. The van der Waals surface area contributed by atoms with Crippen molar-refractivity contribution in [2.45, 2.75) is 40.3 Å². The lowest BCUT2D eigenvalue weighted by Gasteiger charge is -2.20. The van der Waals surface area contributed by atoms with E-state index < -0.39 is 0 Å². The SMILES string of the molecule is Cc1c(CO)c(CO)c(C)c(CO)c1CO. The summed E-state index contributed by atoms with van der Waals surface area (Å²) in [6.45, 7) is 2.83. The molecule has 0 saturated heterocycles. The fourth-order valence-electron chi connectivity index (χ4n) is 2.13. The third kappa shape index (κ3) is 1.97. The van der Waals surface area contributed by atoms with Crippen LogP contribution in [0.4, 0.5) is 0 Å². The van der Waals surface area contributed by atoms with Gasteiger partial charge in [-0.15, -0.1) is 0 Å². The van der Waals surface area contributed by atoms with Gasteiger partial charge in [0, 0.05) is 0 Å². The number of benzene rings is 1. The topological polar surface area (TPSA) is 80.9 Å². The Kier molecular flexibility index (Phi) is 4.44. The van der Waals surface area contributed by atoms with Gasteiger partial charge in [-0.1, -0.05) is 0 Å². The van der Waals surface area contributed by atoms with Crippen molar-refractivity contribution in [1.82, 2.24) is 0 Å². The molecule has 0 aromatic heterocycles. The van der Waals surface area contributed by atoms with Crippen LogP contribution in [0.3, 0.4) is 0 Å². The van der Waals surface area contributed by atoms with E-state index in [1.807, 2.05) is 0 Å². The predicted molar refractivity (Wildman–Crippen MR) is 59.6 cm³/mol. The van der Waals surface area contributed by atoms with E-state index in [0.29, 0.717) is 22.3 Å². The molecule has 0 fully saturated rings. The Labute approximate surface area is 94.8 Å². The van der Waals surface area contributed by atoms with Gasteiger partial charge < -0.3 is 20.4 Å². The zero-order valence-electron chi connectivity index (χ0n) is 9.62. The van der Waals surface area contributed by atoms with Gasteiger partial charge >= 0.3 is 0 Å². The maximum Gasteiger partial charge on any atom is 0.0688 e. The highest BCUT2D eigenvalue weighted by Gasteiger charge is 2.17. The average Bonchev–Trinajstić information content (AvgIpc) is 2.30. The monoisotopic (exact) mass is 226 g/mol. The van der Waals surface area contributed by atoms with Crippen LogP contribution in [-0.2, 0) is 26.4 Å². The summed E-state index contributed by atoms with van der Waals surface area (Å²) in [6.07, 6.45) is 0. The fraction of sp³-hybridized carbons (Fsp3) is 0.500. The molecule has 0 aliphatic heterocycles. The molecule has 0 aliphatic rings. The standard InChI is InChI=1S/C12H18O4/c1-7-9(3-13)11(5-15)8(2)12(6-16)10(7)4-14/h13-16H,3-6H2,1-2H3. The molecule has 1 aromatic rings. The highest BCUT2D eigenvalue weighted by molar-refractivity contribution is 5.50. The van der Waals surface area contributed by atoms with Crippen LogP contribution in [0.5, 0.6) is 0 Å². The Morgan fingerprint density at radius 1 is 0.562 bits per heavy atom. The molecule has 0 atom stereocenters. The average molecular weight is 226 g/mol. The molecule has 16 heavy (non-hydrogen) atoms. The molecular weight excluding hydrogens is 208 g/mol. The van der Waals surface area contributed by atoms with Gasteiger partial charge in [-0.05, 0) is 47.2 Å². The largest absolute Gasteiger partial charge is 0.392 e. The molecule has 4 heteroatoms. The molecular formula is C12H18O4. The summed E-state index contributed by atoms with van der Waals surface area (Å²) >= 11 is 0. The van der Waals surface area contributed by atoms with E-state index in [1.165, 1.54) is 0 Å². The molecule has 4 N–H and O–H groups in total. The van der Waals surface area contributed by atoms with Crippen molar-refractivity contribution < 1.29 is 20.4 Å². The minimum absolute atomic E-state index is 0.179. The van der Waals surface area contributed by atoms with Crippen LogP contribution < -0.4 is 0 Å². The Bertz CT molecular complexity index is 315. The highest BCUT2D eigenvalue weighted by Crippen LogP contribution is 2.28. The number of rotatable bonds is 4. The Hall–Kier alpha value is -0.940. The molecule has 0 bridgehead atoms. The second kappa shape index (κ2) is 5.41. The van der Waals surface area contributed by atoms with Gasteiger partial charge in [0.1, 0.15) is 0 Å². The third-order valence-electron chi connectivity index (χ3n) is 3.17. The van der Waals surface area contributed by atoms with Crippen molar-refractivity contribution in [3.8, 4) is 0 Å². The predicted octanol–water partition coefficient (Wildman–Crippen LogP) is 0.273. The van der Waals surface area contributed by atoms with Crippen molar-refractivity contribution in [2.24, 2.45) is 0 Å². The van der Waals surface area contributed by atoms with Gasteiger partial charge in [-0.2, -0.15) is 0 Å². The van der Waals surface area contributed by atoms with Crippen LogP contribution in [0, 0.1) is 13.8 Å². The Morgan fingerprint density at radius 2 is 0.750 bits per heavy atom. The van der Waals surface area contributed by atoms with Crippen molar-refractivity contribution in [1.29, 1.82) is 0 Å². The summed E-state index contributed by atoms with van der Waals surface area (Å²) in [5.74, 6) is 0. The smallest absolute Gasteiger partial charge is 0.0688 e. The maximum atomic E-state index is 9.28. The molecule has 0 heterocycles. The molecule has 0 spiro atoms. The van der Waals surface area contributed by atoms with Crippen LogP contribution in [0.15, 0.2) is 0 Å². The first kappa shape index (κ1) is 13.1. The molecule has 4 nitrogen and oxygen atoms in total. The first-order valence-electron chi connectivity index (χ1n) is 5.18. The second-order valence-corrected chi connectivity index (χ2v) is 3.80.